The minimum Gasteiger partial charge on any atom is -0.474 e. The second-order valence-corrected chi connectivity index (χ2v) is 7.58. The van der Waals surface area contributed by atoms with Gasteiger partial charge in [0.15, 0.2) is 0 Å². The lowest BCUT2D eigenvalue weighted by Crippen LogP contribution is -2.36. The lowest BCUT2D eigenvalue weighted by molar-refractivity contribution is 0.144. The first-order valence-electron chi connectivity index (χ1n) is 10.1. The number of pyridine rings is 1. The van der Waals surface area contributed by atoms with E-state index in [1.165, 1.54) is 5.56 Å². The molecule has 3 N–H and O–H groups in total. The molecule has 30 heavy (non-hydrogen) atoms. The van der Waals surface area contributed by atoms with E-state index >= 15 is 0 Å². The molecule has 8 nitrogen and oxygen atoms in total. The van der Waals surface area contributed by atoms with Crippen molar-refractivity contribution in [2.45, 2.75) is 12.0 Å². The first kappa shape index (κ1) is 20.2. The van der Waals surface area contributed by atoms with Crippen molar-refractivity contribution in [1.82, 2.24) is 25.4 Å². The standard InChI is InChI=1S/C22H28N6O2/c1-15(24-20-14-28(2)13-18(20)16-7-5-4-6-8-16)25-21-11-19-17(12-23-21)22(27-26-19)30-10-9-29-3/h4-8,11-12,18,20,24H,1,9-10,13-14H2,2-3H3,(H,23,25)(H,26,27)/t18-,20+/m0/s1. The topological polar surface area (TPSA) is 87.3 Å². The minimum atomic E-state index is 0.272. The molecule has 0 bridgehead atoms. The zero-order chi connectivity index (χ0) is 20.9. The van der Waals surface area contributed by atoms with E-state index in [4.69, 9.17) is 9.47 Å². The summed E-state index contributed by atoms with van der Waals surface area (Å²) in [5.41, 5.74) is 2.18. The van der Waals surface area contributed by atoms with Crippen molar-refractivity contribution in [2.24, 2.45) is 0 Å². The molecule has 8 heteroatoms. The third kappa shape index (κ3) is 4.55. The number of nitrogens with one attached hydrogen (secondary N) is 3. The van der Waals surface area contributed by atoms with Gasteiger partial charge in [-0.15, -0.1) is 5.10 Å². The van der Waals surface area contributed by atoms with Crippen LogP contribution < -0.4 is 15.4 Å². The molecule has 1 saturated heterocycles. The molecule has 2 atom stereocenters. The lowest BCUT2D eigenvalue weighted by atomic mass is 9.94. The van der Waals surface area contributed by atoms with Gasteiger partial charge in [-0.3, -0.25) is 5.10 Å². The molecule has 0 saturated carbocycles. The first-order valence-corrected chi connectivity index (χ1v) is 10.1. The molecule has 0 unspecified atom stereocenters. The van der Waals surface area contributed by atoms with Gasteiger partial charge in [0.2, 0.25) is 5.88 Å². The number of hydrogen-bond acceptors (Lipinski definition) is 7. The SMILES string of the molecule is C=C(Nc1cc2[nH]nc(OCCOC)c2cn1)N[C@@H]1CN(C)C[C@H]1c1ccccc1. The fraction of sp³-hybridized carbons (Fsp3) is 0.364. The van der Waals surface area contributed by atoms with Gasteiger partial charge >= 0.3 is 0 Å². The fourth-order valence-corrected chi connectivity index (χ4v) is 3.89. The van der Waals surface area contributed by atoms with Crippen molar-refractivity contribution in [1.29, 1.82) is 0 Å². The summed E-state index contributed by atoms with van der Waals surface area (Å²) in [5, 5.41) is 14.8. The highest BCUT2D eigenvalue weighted by Crippen LogP contribution is 2.28. The number of H-pyrrole nitrogens is 1. The molecule has 0 spiro atoms. The molecule has 158 valence electrons. The molecule has 0 aliphatic carbocycles. The molecule has 3 aromatic rings. The molecular formula is C22H28N6O2. The number of benzene rings is 1. The second-order valence-electron chi connectivity index (χ2n) is 7.58. The summed E-state index contributed by atoms with van der Waals surface area (Å²) in [4.78, 5) is 6.82. The van der Waals surface area contributed by atoms with Crippen LogP contribution in [0.2, 0.25) is 0 Å². The number of ether oxygens (including phenoxy) is 2. The van der Waals surface area contributed by atoms with Crippen molar-refractivity contribution in [3.8, 4) is 5.88 Å². The van der Waals surface area contributed by atoms with Gasteiger partial charge in [-0.25, -0.2) is 4.98 Å². The molecule has 2 aromatic heterocycles. The fourth-order valence-electron chi connectivity index (χ4n) is 3.89. The molecular weight excluding hydrogens is 380 g/mol. The Morgan fingerprint density at radius 1 is 1.27 bits per heavy atom. The number of anilines is 1. The number of nitrogens with zero attached hydrogens (tertiary/aromatic N) is 3. The van der Waals surface area contributed by atoms with Gasteiger partial charge in [-0.1, -0.05) is 36.9 Å². The van der Waals surface area contributed by atoms with Crippen LogP contribution in [0, 0.1) is 0 Å². The van der Waals surface area contributed by atoms with Gasteiger partial charge in [-0.2, -0.15) is 0 Å². The van der Waals surface area contributed by atoms with Gasteiger partial charge in [-0.05, 0) is 12.6 Å². The Hall–Kier alpha value is -3.10. The molecule has 0 radical (unpaired) electrons. The third-order valence-corrected chi connectivity index (χ3v) is 5.31. The molecule has 3 heterocycles. The Morgan fingerprint density at radius 3 is 2.90 bits per heavy atom. The third-order valence-electron chi connectivity index (χ3n) is 5.31. The van der Waals surface area contributed by atoms with E-state index in [1.807, 2.05) is 6.07 Å². The monoisotopic (exact) mass is 408 g/mol. The maximum atomic E-state index is 5.61. The van der Waals surface area contributed by atoms with Crippen LogP contribution in [-0.2, 0) is 4.74 Å². The lowest BCUT2D eigenvalue weighted by Gasteiger charge is -2.23. The highest BCUT2D eigenvalue weighted by Gasteiger charge is 2.32. The Labute approximate surface area is 176 Å². The number of aromatic amines is 1. The number of likely N-dealkylation sites (tertiary alicyclic amines) is 1. The number of likely N-dealkylation sites (N-methyl/N-ethyl adjacent to an activating group) is 1. The zero-order valence-electron chi connectivity index (χ0n) is 17.4. The minimum absolute atomic E-state index is 0.272. The van der Waals surface area contributed by atoms with Crippen LogP contribution >= 0.6 is 0 Å². The number of rotatable bonds is 9. The van der Waals surface area contributed by atoms with Crippen LogP contribution in [0.15, 0.2) is 55.0 Å². The van der Waals surface area contributed by atoms with Crippen LogP contribution in [0.4, 0.5) is 5.82 Å². The molecule has 1 aliphatic heterocycles. The smallest absolute Gasteiger partial charge is 0.242 e. The summed E-state index contributed by atoms with van der Waals surface area (Å²) in [6.45, 7) is 7.07. The van der Waals surface area contributed by atoms with E-state index < -0.39 is 0 Å². The zero-order valence-corrected chi connectivity index (χ0v) is 17.4. The summed E-state index contributed by atoms with van der Waals surface area (Å²) in [5.74, 6) is 2.34. The number of methoxy groups -OCH3 is 1. The van der Waals surface area contributed by atoms with E-state index in [0.717, 1.165) is 29.8 Å². The summed E-state index contributed by atoms with van der Waals surface area (Å²) >= 11 is 0. The van der Waals surface area contributed by atoms with E-state index in [2.05, 4.69) is 74.7 Å². The quantitative estimate of drug-likeness (QED) is 0.469. The van der Waals surface area contributed by atoms with Crippen LogP contribution in [0.25, 0.3) is 10.9 Å². The predicted molar refractivity (Wildman–Crippen MR) is 118 cm³/mol. The van der Waals surface area contributed by atoms with Gasteiger partial charge in [0.1, 0.15) is 12.4 Å². The molecule has 1 aromatic carbocycles. The van der Waals surface area contributed by atoms with Gasteiger partial charge in [0.25, 0.3) is 0 Å². The van der Waals surface area contributed by atoms with Crippen LogP contribution in [0.5, 0.6) is 5.88 Å². The van der Waals surface area contributed by atoms with E-state index in [9.17, 15) is 0 Å². The molecule has 1 aliphatic rings. The largest absolute Gasteiger partial charge is 0.474 e. The summed E-state index contributed by atoms with van der Waals surface area (Å²) < 4.78 is 10.6. The summed E-state index contributed by atoms with van der Waals surface area (Å²) in [7, 11) is 3.78. The van der Waals surface area contributed by atoms with Crippen molar-refractivity contribution in [3.63, 3.8) is 0 Å². The maximum absolute atomic E-state index is 5.61. The molecule has 1 fully saturated rings. The van der Waals surface area contributed by atoms with Gasteiger partial charge < -0.3 is 25.0 Å². The summed E-state index contributed by atoms with van der Waals surface area (Å²) in [6, 6.07) is 12.8. The normalized spacial score (nSPS) is 19.1. The predicted octanol–water partition coefficient (Wildman–Crippen LogP) is 2.55. The number of hydrogen-bond donors (Lipinski definition) is 3. The first-order chi connectivity index (χ1) is 14.6. The van der Waals surface area contributed by atoms with Gasteiger partial charge in [0.05, 0.1) is 23.3 Å². The summed E-state index contributed by atoms with van der Waals surface area (Å²) in [6.07, 6.45) is 1.74. The Morgan fingerprint density at radius 2 is 2.10 bits per heavy atom. The Kier molecular flexibility index (Phi) is 6.15. The van der Waals surface area contributed by atoms with Gasteiger partial charge in [0, 0.05) is 44.4 Å². The molecule has 0 amide bonds. The van der Waals surface area contributed by atoms with E-state index in [-0.39, 0.29) is 6.04 Å². The highest BCUT2D eigenvalue weighted by molar-refractivity contribution is 5.85. The van der Waals surface area contributed by atoms with E-state index in [0.29, 0.717) is 30.8 Å². The van der Waals surface area contributed by atoms with Crippen LogP contribution in [0.1, 0.15) is 11.5 Å². The van der Waals surface area contributed by atoms with E-state index in [1.54, 1.807) is 13.3 Å². The average Bonchev–Trinajstić information content (AvgIpc) is 3.31. The molecule has 4 rings (SSSR count). The van der Waals surface area contributed by atoms with Crippen molar-refractivity contribution < 1.29 is 9.47 Å². The Bertz CT molecular complexity index is 990. The number of fused-ring (bicyclic) bond motifs is 1. The maximum Gasteiger partial charge on any atom is 0.242 e. The number of aromatic nitrogens is 3. The van der Waals surface area contributed by atoms with Crippen molar-refractivity contribution in [2.75, 3.05) is 45.8 Å². The van der Waals surface area contributed by atoms with Crippen LogP contribution in [-0.4, -0.2) is 66.6 Å². The second kappa shape index (κ2) is 9.15. The van der Waals surface area contributed by atoms with Crippen LogP contribution in [0.3, 0.4) is 0 Å². The Balaban J connectivity index is 1.40. The highest BCUT2D eigenvalue weighted by atomic mass is 16.5. The van der Waals surface area contributed by atoms with Crippen molar-refractivity contribution >= 4 is 16.7 Å². The average molecular weight is 409 g/mol. The van der Waals surface area contributed by atoms with Crippen molar-refractivity contribution in [3.05, 3.63) is 60.6 Å².